The fourth-order valence-corrected chi connectivity index (χ4v) is 3.06. The Balaban J connectivity index is 1.75. The standard InChI is InChI=1S/C14H25NO3/c16-10-11-5-1-2-7-13(11)15-14(17)9-12-6-3-4-8-18-12/h11-13,16H,1-10H2,(H,15,17). The molecule has 104 valence electrons. The normalized spacial score (nSPS) is 33.1. The van der Waals surface area contributed by atoms with Gasteiger partial charge in [0.2, 0.25) is 5.91 Å². The van der Waals surface area contributed by atoms with E-state index in [1.165, 1.54) is 12.8 Å². The zero-order valence-corrected chi connectivity index (χ0v) is 11.1. The van der Waals surface area contributed by atoms with E-state index in [9.17, 15) is 9.90 Å². The molecule has 2 fully saturated rings. The van der Waals surface area contributed by atoms with Crippen molar-refractivity contribution in [3.8, 4) is 0 Å². The molecule has 2 N–H and O–H groups in total. The van der Waals surface area contributed by atoms with Crippen molar-refractivity contribution in [3.05, 3.63) is 0 Å². The minimum absolute atomic E-state index is 0.0900. The summed E-state index contributed by atoms with van der Waals surface area (Å²) in [6.07, 6.45) is 8.23. The fraction of sp³-hybridized carbons (Fsp3) is 0.929. The molecule has 4 heteroatoms. The van der Waals surface area contributed by atoms with E-state index < -0.39 is 0 Å². The third-order valence-electron chi connectivity index (χ3n) is 4.18. The van der Waals surface area contributed by atoms with Gasteiger partial charge >= 0.3 is 0 Å². The first kappa shape index (κ1) is 13.8. The number of aliphatic hydroxyl groups is 1. The molecule has 0 radical (unpaired) electrons. The van der Waals surface area contributed by atoms with Crippen LogP contribution in [0.3, 0.4) is 0 Å². The van der Waals surface area contributed by atoms with E-state index in [-0.39, 0.29) is 30.6 Å². The van der Waals surface area contributed by atoms with Crippen LogP contribution in [-0.4, -0.2) is 36.4 Å². The van der Waals surface area contributed by atoms with Gasteiger partial charge in [-0.15, -0.1) is 0 Å². The summed E-state index contributed by atoms with van der Waals surface area (Å²) < 4.78 is 5.58. The van der Waals surface area contributed by atoms with Crippen LogP contribution < -0.4 is 5.32 Å². The molecule has 1 saturated heterocycles. The summed E-state index contributed by atoms with van der Waals surface area (Å²) in [6.45, 7) is 0.978. The van der Waals surface area contributed by atoms with E-state index in [2.05, 4.69) is 5.32 Å². The molecule has 0 aromatic carbocycles. The molecule has 0 spiro atoms. The quantitative estimate of drug-likeness (QED) is 0.802. The third kappa shape index (κ3) is 3.95. The van der Waals surface area contributed by atoms with Gasteiger partial charge in [-0.25, -0.2) is 0 Å². The van der Waals surface area contributed by atoms with Gasteiger partial charge in [0.05, 0.1) is 12.5 Å². The van der Waals surface area contributed by atoms with Crippen LogP contribution in [0.5, 0.6) is 0 Å². The van der Waals surface area contributed by atoms with Gasteiger partial charge in [0, 0.05) is 25.2 Å². The average Bonchev–Trinajstić information content (AvgIpc) is 2.40. The highest BCUT2D eigenvalue weighted by Crippen LogP contribution is 2.24. The lowest BCUT2D eigenvalue weighted by molar-refractivity contribution is -0.126. The summed E-state index contributed by atoms with van der Waals surface area (Å²) in [6, 6.07) is 0.167. The number of carbonyl (C=O) groups is 1. The Hall–Kier alpha value is -0.610. The number of hydrogen-bond acceptors (Lipinski definition) is 3. The minimum Gasteiger partial charge on any atom is -0.396 e. The van der Waals surface area contributed by atoms with Crippen LogP contribution in [0.2, 0.25) is 0 Å². The van der Waals surface area contributed by atoms with Gasteiger partial charge in [-0.05, 0) is 32.1 Å². The molecule has 3 unspecified atom stereocenters. The molecule has 0 aromatic heterocycles. The molecule has 0 aromatic rings. The van der Waals surface area contributed by atoms with Gasteiger partial charge in [0.15, 0.2) is 0 Å². The molecule has 1 aliphatic carbocycles. The fourth-order valence-electron chi connectivity index (χ4n) is 3.06. The van der Waals surface area contributed by atoms with Crippen molar-refractivity contribution >= 4 is 5.91 Å². The first-order valence-corrected chi connectivity index (χ1v) is 7.31. The first-order valence-electron chi connectivity index (χ1n) is 7.31. The van der Waals surface area contributed by atoms with Gasteiger partial charge in [-0.1, -0.05) is 12.8 Å². The Bertz CT molecular complexity index is 264. The second-order valence-corrected chi connectivity index (χ2v) is 5.59. The molecular formula is C14H25NO3. The van der Waals surface area contributed by atoms with E-state index in [0.717, 1.165) is 38.7 Å². The summed E-state index contributed by atoms with van der Waals surface area (Å²) in [5, 5.41) is 12.4. The van der Waals surface area contributed by atoms with E-state index in [4.69, 9.17) is 4.74 Å². The maximum Gasteiger partial charge on any atom is 0.222 e. The Morgan fingerprint density at radius 2 is 1.94 bits per heavy atom. The van der Waals surface area contributed by atoms with E-state index in [1.54, 1.807) is 0 Å². The smallest absolute Gasteiger partial charge is 0.222 e. The predicted octanol–water partition coefficient (Wildman–Crippen LogP) is 1.61. The van der Waals surface area contributed by atoms with Crippen molar-refractivity contribution in [2.75, 3.05) is 13.2 Å². The highest BCUT2D eigenvalue weighted by atomic mass is 16.5. The number of ether oxygens (including phenoxy) is 1. The van der Waals surface area contributed by atoms with Crippen molar-refractivity contribution in [2.24, 2.45) is 5.92 Å². The summed E-state index contributed by atoms with van der Waals surface area (Å²) in [4.78, 5) is 12.0. The second kappa shape index (κ2) is 7.10. The van der Waals surface area contributed by atoms with Crippen LogP contribution in [0.25, 0.3) is 0 Å². The summed E-state index contributed by atoms with van der Waals surface area (Å²) in [5.74, 6) is 0.335. The maximum absolute atomic E-state index is 12.0. The predicted molar refractivity (Wildman–Crippen MR) is 69.2 cm³/mol. The number of amides is 1. The zero-order chi connectivity index (χ0) is 12.8. The molecular weight excluding hydrogens is 230 g/mol. The van der Waals surface area contributed by atoms with Crippen LogP contribution in [0, 0.1) is 5.92 Å². The Morgan fingerprint density at radius 1 is 1.17 bits per heavy atom. The number of nitrogens with one attached hydrogen (secondary N) is 1. The van der Waals surface area contributed by atoms with Crippen LogP contribution >= 0.6 is 0 Å². The van der Waals surface area contributed by atoms with Crippen molar-refractivity contribution in [3.63, 3.8) is 0 Å². The monoisotopic (exact) mass is 255 g/mol. The van der Waals surface area contributed by atoms with Gasteiger partial charge in [0.25, 0.3) is 0 Å². The first-order chi connectivity index (χ1) is 8.79. The van der Waals surface area contributed by atoms with Crippen molar-refractivity contribution in [1.82, 2.24) is 5.32 Å². The van der Waals surface area contributed by atoms with Crippen molar-refractivity contribution < 1.29 is 14.6 Å². The Kier molecular flexibility index (Phi) is 5.45. The number of aliphatic hydroxyl groups excluding tert-OH is 1. The minimum atomic E-state index is 0.0900. The van der Waals surface area contributed by atoms with Crippen LogP contribution in [-0.2, 0) is 9.53 Å². The molecule has 1 amide bonds. The van der Waals surface area contributed by atoms with Crippen LogP contribution in [0.1, 0.15) is 51.4 Å². The van der Waals surface area contributed by atoms with Crippen LogP contribution in [0.4, 0.5) is 0 Å². The zero-order valence-electron chi connectivity index (χ0n) is 11.1. The molecule has 0 bridgehead atoms. The highest BCUT2D eigenvalue weighted by Gasteiger charge is 2.27. The van der Waals surface area contributed by atoms with Crippen molar-refractivity contribution in [2.45, 2.75) is 63.5 Å². The maximum atomic E-state index is 12.0. The van der Waals surface area contributed by atoms with E-state index in [0.29, 0.717) is 6.42 Å². The number of rotatable bonds is 4. The summed E-state index contributed by atoms with van der Waals surface area (Å²) >= 11 is 0. The molecule has 1 saturated carbocycles. The number of carbonyl (C=O) groups excluding carboxylic acids is 1. The largest absolute Gasteiger partial charge is 0.396 e. The van der Waals surface area contributed by atoms with E-state index >= 15 is 0 Å². The van der Waals surface area contributed by atoms with Gasteiger partial charge in [-0.2, -0.15) is 0 Å². The molecule has 4 nitrogen and oxygen atoms in total. The Morgan fingerprint density at radius 3 is 2.67 bits per heavy atom. The van der Waals surface area contributed by atoms with Crippen molar-refractivity contribution in [1.29, 1.82) is 0 Å². The topological polar surface area (TPSA) is 58.6 Å². The van der Waals surface area contributed by atoms with Gasteiger partial charge in [-0.3, -0.25) is 4.79 Å². The van der Waals surface area contributed by atoms with E-state index in [1.807, 2.05) is 0 Å². The molecule has 3 atom stereocenters. The Labute approximate surface area is 109 Å². The molecule has 2 aliphatic rings. The third-order valence-corrected chi connectivity index (χ3v) is 4.18. The highest BCUT2D eigenvalue weighted by molar-refractivity contribution is 5.76. The molecule has 2 rings (SSSR count). The summed E-state index contributed by atoms with van der Waals surface area (Å²) in [5.41, 5.74) is 0. The lowest BCUT2D eigenvalue weighted by Crippen LogP contribution is -2.44. The summed E-state index contributed by atoms with van der Waals surface area (Å²) in [7, 11) is 0. The SMILES string of the molecule is O=C(CC1CCCCO1)NC1CCCCC1CO. The lowest BCUT2D eigenvalue weighted by Gasteiger charge is -2.31. The van der Waals surface area contributed by atoms with Gasteiger partial charge < -0.3 is 15.2 Å². The van der Waals surface area contributed by atoms with Gasteiger partial charge in [0.1, 0.15) is 0 Å². The number of hydrogen-bond donors (Lipinski definition) is 2. The molecule has 1 heterocycles. The lowest BCUT2D eigenvalue weighted by atomic mass is 9.85. The molecule has 1 aliphatic heterocycles. The average molecular weight is 255 g/mol. The second-order valence-electron chi connectivity index (χ2n) is 5.59. The molecule has 18 heavy (non-hydrogen) atoms. The van der Waals surface area contributed by atoms with Crippen LogP contribution in [0.15, 0.2) is 0 Å².